The van der Waals surface area contributed by atoms with Gasteiger partial charge in [0.15, 0.2) is 5.69 Å². The number of nitrogens with zero attached hydrogens (tertiary/aromatic N) is 2. The summed E-state index contributed by atoms with van der Waals surface area (Å²) in [6, 6.07) is 11.3. The molecule has 1 saturated heterocycles. The van der Waals surface area contributed by atoms with Crippen molar-refractivity contribution in [3.05, 3.63) is 53.3 Å². The number of ether oxygens (including phenoxy) is 1. The molecule has 4 atom stereocenters. The maximum absolute atomic E-state index is 12.9. The van der Waals surface area contributed by atoms with Crippen LogP contribution in [-0.2, 0) is 4.74 Å². The Hall–Kier alpha value is -2.67. The normalized spacial score (nSPS) is 24.6. The molecule has 1 aromatic heterocycles. The Morgan fingerprint density at radius 1 is 1.19 bits per heavy atom. The molecule has 2 fully saturated rings. The number of fused-ring (bicyclic) bond motifs is 1. The molecule has 1 aliphatic carbocycles. The summed E-state index contributed by atoms with van der Waals surface area (Å²) in [5, 5.41) is 10.0. The van der Waals surface area contributed by atoms with E-state index in [0.29, 0.717) is 30.7 Å². The summed E-state index contributed by atoms with van der Waals surface area (Å²) in [4.78, 5) is 24.9. The van der Waals surface area contributed by atoms with E-state index in [9.17, 15) is 9.59 Å². The monoisotopic (exact) mass is 354 g/mol. The third kappa shape index (κ3) is 2.88. The van der Waals surface area contributed by atoms with Crippen LogP contribution < -0.4 is 10.6 Å². The zero-order valence-corrected chi connectivity index (χ0v) is 14.8. The Balaban J connectivity index is 1.62. The molecule has 2 heterocycles. The number of amides is 2. The van der Waals surface area contributed by atoms with E-state index in [1.54, 1.807) is 17.8 Å². The first kappa shape index (κ1) is 16.8. The maximum Gasteiger partial charge on any atom is 0.271 e. The molecule has 2 aromatic rings. The Kier molecular flexibility index (Phi) is 4.24. The number of hydrogen-bond donors (Lipinski definition) is 2. The topological polar surface area (TPSA) is 85.3 Å². The van der Waals surface area contributed by atoms with Crippen molar-refractivity contribution >= 4 is 11.8 Å². The van der Waals surface area contributed by atoms with Gasteiger partial charge in [-0.2, -0.15) is 5.10 Å². The lowest BCUT2D eigenvalue weighted by molar-refractivity contribution is 0.0915. The van der Waals surface area contributed by atoms with Gasteiger partial charge in [0, 0.05) is 31.0 Å². The second kappa shape index (κ2) is 6.57. The fraction of sp³-hybridized carbons (Fsp3) is 0.421. The van der Waals surface area contributed by atoms with Gasteiger partial charge in [-0.05, 0) is 12.5 Å². The molecule has 0 spiro atoms. The van der Waals surface area contributed by atoms with E-state index < -0.39 is 0 Å². The minimum absolute atomic E-state index is 0.162. The van der Waals surface area contributed by atoms with E-state index in [2.05, 4.69) is 15.7 Å². The zero-order valence-electron chi connectivity index (χ0n) is 14.8. The van der Waals surface area contributed by atoms with Gasteiger partial charge in [0.2, 0.25) is 0 Å². The van der Waals surface area contributed by atoms with Gasteiger partial charge in [0.25, 0.3) is 11.8 Å². The highest BCUT2D eigenvalue weighted by molar-refractivity contribution is 5.98. The van der Waals surface area contributed by atoms with Gasteiger partial charge in [-0.3, -0.25) is 14.3 Å². The molecule has 0 radical (unpaired) electrons. The number of rotatable bonds is 5. The van der Waals surface area contributed by atoms with Crippen LogP contribution in [0.4, 0.5) is 0 Å². The van der Waals surface area contributed by atoms with E-state index in [1.807, 2.05) is 37.3 Å². The highest BCUT2D eigenvalue weighted by Crippen LogP contribution is 2.44. The van der Waals surface area contributed by atoms with Crippen LogP contribution in [0.5, 0.6) is 0 Å². The Labute approximate surface area is 151 Å². The van der Waals surface area contributed by atoms with Gasteiger partial charge in [-0.15, -0.1) is 0 Å². The molecule has 0 bridgehead atoms. The van der Waals surface area contributed by atoms with Gasteiger partial charge >= 0.3 is 0 Å². The third-order valence-electron chi connectivity index (χ3n) is 5.33. The summed E-state index contributed by atoms with van der Waals surface area (Å²) in [7, 11) is 1.55. The lowest BCUT2D eigenvalue weighted by Gasteiger charge is -2.16. The van der Waals surface area contributed by atoms with Crippen LogP contribution >= 0.6 is 0 Å². The number of carbonyl (C=O) groups is 2. The van der Waals surface area contributed by atoms with Crippen molar-refractivity contribution in [1.82, 2.24) is 20.4 Å². The molecular weight excluding hydrogens is 332 g/mol. The van der Waals surface area contributed by atoms with Crippen LogP contribution in [0.1, 0.15) is 39.5 Å². The van der Waals surface area contributed by atoms with Gasteiger partial charge < -0.3 is 15.4 Å². The predicted molar refractivity (Wildman–Crippen MR) is 94.9 cm³/mol. The molecule has 4 rings (SSSR count). The van der Waals surface area contributed by atoms with Crippen molar-refractivity contribution in [1.29, 1.82) is 0 Å². The lowest BCUT2D eigenvalue weighted by atomic mass is 10.1. The van der Waals surface area contributed by atoms with Crippen molar-refractivity contribution in [3.8, 4) is 0 Å². The van der Waals surface area contributed by atoms with Crippen LogP contribution in [0.3, 0.4) is 0 Å². The van der Waals surface area contributed by atoms with Crippen molar-refractivity contribution in [2.24, 2.45) is 11.8 Å². The molecule has 1 aromatic carbocycles. The summed E-state index contributed by atoms with van der Waals surface area (Å²) in [6.07, 6.45) is 0. The van der Waals surface area contributed by atoms with Gasteiger partial charge in [0.1, 0.15) is 5.69 Å². The molecule has 2 N–H and O–H groups in total. The minimum Gasteiger partial charge on any atom is -0.381 e. The SMILES string of the molecule is CNC(=O)c1cc(C(=O)NC2[C@H]3COC[C@@H]23)n([C@H](C)c2ccccc2)n1. The van der Waals surface area contributed by atoms with Crippen LogP contribution in [-0.4, -0.2) is 47.9 Å². The highest BCUT2D eigenvalue weighted by Gasteiger charge is 2.55. The average Bonchev–Trinajstić information content (AvgIpc) is 3.07. The van der Waals surface area contributed by atoms with Crippen molar-refractivity contribution in [3.63, 3.8) is 0 Å². The second-order valence-corrected chi connectivity index (χ2v) is 6.89. The maximum atomic E-state index is 12.9. The quantitative estimate of drug-likeness (QED) is 0.846. The molecule has 136 valence electrons. The largest absolute Gasteiger partial charge is 0.381 e. The first-order valence-corrected chi connectivity index (χ1v) is 8.85. The summed E-state index contributed by atoms with van der Waals surface area (Å²) >= 11 is 0. The lowest BCUT2D eigenvalue weighted by Crippen LogP contribution is -2.32. The van der Waals surface area contributed by atoms with Crippen molar-refractivity contribution < 1.29 is 14.3 Å². The number of aromatic nitrogens is 2. The minimum atomic E-state index is -0.310. The van der Waals surface area contributed by atoms with E-state index in [0.717, 1.165) is 5.56 Å². The molecule has 2 amide bonds. The van der Waals surface area contributed by atoms with Gasteiger partial charge in [-0.1, -0.05) is 30.3 Å². The number of hydrogen-bond acceptors (Lipinski definition) is 4. The van der Waals surface area contributed by atoms with Crippen molar-refractivity contribution in [2.75, 3.05) is 20.3 Å². The fourth-order valence-electron chi connectivity index (χ4n) is 3.65. The summed E-state index contributed by atoms with van der Waals surface area (Å²) in [6.45, 7) is 3.38. The number of nitrogens with one attached hydrogen (secondary N) is 2. The van der Waals surface area contributed by atoms with E-state index in [1.165, 1.54) is 0 Å². The average molecular weight is 354 g/mol. The smallest absolute Gasteiger partial charge is 0.271 e. The van der Waals surface area contributed by atoms with Crippen LogP contribution in [0.15, 0.2) is 36.4 Å². The predicted octanol–water partition coefficient (Wildman–Crippen LogP) is 1.23. The Morgan fingerprint density at radius 3 is 2.54 bits per heavy atom. The first-order chi connectivity index (χ1) is 12.6. The molecule has 1 aliphatic heterocycles. The fourth-order valence-corrected chi connectivity index (χ4v) is 3.65. The van der Waals surface area contributed by atoms with Crippen LogP contribution in [0.25, 0.3) is 0 Å². The second-order valence-electron chi connectivity index (χ2n) is 6.89. The molecule has 2 aliphatic rings. The zero-order chi connectivity index (χ0) is 18.3. The van der Waals surface area contributed by atoms with Crippen LogP contribution in [0.2, 0.25) is 0 Å². The molecule has 1 saturated carbocycles. The number of benzene rings is 1. The standard InChI is InChI=1S/C19H22N4O3/c1-11(12-6-4-3-5-7-12)23-16(8-15(22-23)18(24)20-2)19(25)21-17-13-9-26-10-14(13)17/h3-8,11,13-14,17H,9-10H2,1-2H3,(H,20,24)(H,21,25)/t11-,13-,14+,17?/m1/s1. The van der Waals surface area contributed by atoms with E-state index in [4.69, 9.17) is 4.74 Å². The molecular formula is C19H22N4O3. The molecule has 7 heteroatoms. The third-order valence-corrected chi connectivity index (χ3v) is 5.33. The van der Waals surface area contributed by atoms with E-state index in [-0.39, 0.29) is 29.6 Å². The molecule has 1 unspecified atom stereocenters. The molecule has 26 heavy (non-hydrogen) atoms. The molecule has 7 nitrogen and oxygen atoms in total. The summed E-state index contributed by atoms with van der Waals surface area (Å²) in [5.74, 6) is 0.324. The summed E-state index contributed by atoms with van der Waals surface area (Å²) in [5.41, 5.74) is 1.65. The highest BCUT2D eigenvalue weighted by atomic mass is 16.5. The van der Waals surface area contributed by atoms with E-state index >= 15 is 0 Å². The Bertz CT molecular complexity index is 823. The summed E-state index contributed by atoms with van der Waals surface area (Å²) < 4.78 is 7.00. The van der Waals surface area contributed by atoms with Crippen LogP contribution in [0, 0.1) is 11.8 Å². The van der Waals surface area contributed by atoms with Gasteiger partial charge in [0.05, 0.1) is 19.3 Å². The number of carbonyl (C=O) groups excluding carboxylic acids is 2. The van der Waals surface area contributed by atoms with Gasteiger partial charge in [-0.25, -0.2) is 0 Å². The Morgan fingerprint density at radius 2 is 1.88 bits per heavy atom. The first-order valence-electron chi connectivity index (χ1n) is 8.85. The van der Waals surface area contributed by atoms with Crippen molar-refractivity contribution in [2.45, 2.75) is 19.0 Å².